The van der Waals surface area contributed by atoms with Gasteiger partial charge in [-0.1, -0.05) is 20.3 Å². The standard InChI is InChI=1S/C12H22N2/c1-9-8-11(10(9)2)14-12-6-4-3-5-7-13-12/h9-11H,3-8H2,1-2H3,(H,13,14). The molecule has 1 aliphatic heterocycles. The van der Waals surface area contributed by atoms with Crippen LogP contribution < -0.4 is 5.32 Å². The summed E-state index contributed by atoms with van der Waals surface area (Å²) in [7, 11) is 0. The van der Waals surface area contributed by atoms with Crippen molar-refractivity contribution >= 4 is 5.84 Å². The lowest BCUT2D eigenvalue weighted by Crippen LogP contribution is -2.50. The van der Waals surface area contributed by atoms with Crippen molar-refractivity contribution in [1.29, 1.82) is 0 Å². The van der Waals surface area contributed by atoms with Crippen LogP contribution in [-0.2, 0) is 0 Å². The molecule has 0 radical (unpaired) electrons. The maximum absolute atomic E-state index is 4.61. The van der Waals surface area contributed by atoms with Crippen LogP contribution in [0.15, 0.2) is 4.99 Å². The Hall–Kier alpha value is -0.530. The van der Waals surface area contributed by atoms with E-state index in [-0.39, 0.29) is 0 Å². The molecule has 0 aromatic rings. The first-order valence-electron chi connectivity index (χ1n) is 6.07. The maximum atomic E-state index is 4.61. The largest absolute Gasteiger partial charge is 0.371 e. The minimum atomic E-state index is 0.710. The molecule has 14 heavy (non-hydrogen) atoms. The third kappa shape index (κ3) is 2.10. The van der Waals surface area contributed by atoms with E-state index in [2.05, 4.69) is 24.2 Å². The third-order valence-corrected chi connectivity index (χ3v) is 3.88. The molecule has 0 saturated heterocycles. The Bertz CT molecular complexity index is 222. The lowest BCUT2D eigenvalue weighted by atomic mass is 9.71. The van der Waals surface area contributed by atoms with Crippen LogP contribution in [0.4, 0.5) is 0 Å². The van der Waals surface area contributed by atoms with Crippen LogP contribution in [0.3, 0.4) is 0 Å². The predicted molar refractivity (Wildman–Crippen MR) is 60.6 cm³/mol. The Morgan fingerprint density at radius 3 is 2.79 bits per heavy atom. The number of hydrogen-bond acceptors (Lipinski definition) is 2. The number of hydrogen-bond donors (Lipinski definition) is 1. The summed E-state index contributed by atoms with van der Waals surface area (Å²) in [5.41, 5.74) is 0. The Morgan fingerprint density at radius 2 is 2.07 bits per heavy atom. The molecule has 0 bridgehead atoms. The summed E-state index contributed by atoms with van der Waals surface area (Å²) in [5.74, 6) is 3.02. The van der Waals surface area contributed by atoms with Gasteiger partial charge in [0, 0.05) is 19.0 Å². The normalized spacial score (nSPS) is 38.1. The molecule has 80 valence electrons. The van der Waals surface area contributed by atoms with Crippen LogP contribution in [0.5, 0.6) is 0 Å². The number of rotatable bonds is 1. The van der Waals surface area contributed by atoms with E-state index in [1.54, 1.807) is 0 Å². The molecule has 2 rings (SSSR count). The minimum Gasteiger partial charge on any atom is -0.371 e. The highest BCUT2D eigenvalue weighted by Gasteiger charge is 2.34. The molecule has 0 spiro atoms. The van der Waals surface area contributed by atoms with Crippen LogP contribution >= 0.6 is 0 Å². The van der Waals surface area contributed by atoms with Gasteiger partial charge in [0.05, 0.1) is 5.84 Å². The predicted octanol–water partition coefficient (Wildman–Crippen LogP) is 2.59. The fourth-order valence-corrected chi connectivity index (χ4v) is 2.43. The highest BCUT2D eigenvalue weighted by molar-refractivity contribution is 5.82. The van der Waals surface area contributed by atoms with E-state index in [1.165, 1.54) is 37.9 Å². The molecule has 3 atom stereocenters. The molecule has 0 aromatic heterocycles. The van der Waals surface area contributed by atoms with Crippen molar-refractivity contribution in [1.82, 2.24) is 5.32 Å². The Morgan fingerprint density at radius 1 is 1.21 bits per heavy atom. The molecular weight excluding hydrogens is 172 g/mol. The number of nitrogens with zero attached hydrogens (tertiary/aromatic N) is 1. The molecule has 0 aromatic carbocycles. The second-order valence-corrected chi connectivity index (χ2v) is 4.96. The van der Waals surface area contributed by atoms with Crippen LogP contribution in [-0.4, -0.2) is 18.4 Å². The van der Waals surface area contributed by atoms with Gasteiger partial charge in [-0.2, -0.15) is 0 Å². The Kier molecular flexibility index (Phi) is 3.09. The number of aliphatic imine (C=N–C) groups is 1. The zero-order valence-electron chi connectivity index (χ0n) is 9.42. The van der Waals surface area contributed by atoms with Crippen molar-refractivity contribution in [3.05, 3.63) is 0 Å². The lowest BCUT2D eigenvalue weighted by molar-refractivity contribution is 0.155. The van der Waals surface area contributed by atoms with Crippen LogP contribution in [0.25, 0.3) is 0 Å². The molecular formula is C12H22N2. The lowest BCUT2D eigenvalue weighted by Gasteiger charge is -2.42. The molecule has 1 N–H and O–H groups in total. The summed E-state index contributed by atoms with van der Waals surface area (Å²) >= 11 is 0. The summed E-state index contributed by atoms with van der Waals surface area (Å²) < 4.78 is 0. The average Bonchev–Trinajstić information content (AvgIpc) is 2.45. The fourth-order valence-electron chi connectivity index (χ4n) is 2.43. The molecule has 2 aliphatic rings. The van der Waals surface area contributed by atoms with Gasteiger partial charge in [-0.25, -0.2) is 0 Å². The molecule has 1 heterocycles. The minimum absolute atomic E-state index is 0.710. The average molecular weight is 194 g/mol. The first-order valence-corrected chi connectivity index (χ1v) is 6.07. The summed E-state index contributed by atoms with van der Waals surface area (Å²) in [6, 6.07) is 0.710. The zero-order valence-corrected chi connectivity index (χ0v) is 9.42. The van der Waals surface area contributed by atoms with Gasteiger partial charge in [0.15, 0.2) is 0 Å². The molecule has 1 fully saturated rings. The van der Waals surface area contributed by atoms with E-state index in [0.29, 0.717) is 6.04 Å². The quantitative estimate of drug-likeness (QED) is 0.681. The molecule has 1 saturated carbocycles. The van der Waals surface area contributed by atoms with Gasteiger partial charge in [-0.15, -0.1) is 0 Å². The second kappa shape index (κ2) is 4.33. The Labute approximate surface area is 87.2 Å². The highest BCUT2D eigenvalue weighted by Crippen LogP contribution is 2.33. The zero-order chi connectivity index (χ0) is 9.97. The monoisotopic (exact) mass is 194 g/mol. The number of nitrogens with one attached hydrogen (secondary N) is 1. The van der Waals surface area contributed by atoms with Crippen LogP contribution in [0.2, 0.25) is 0 Å². The van der Waals surface area contributed by atoms with E-state index in [4.69, 9.17) is 0 Å². The van der Waals surface area contributed by atoms with Gasteiger partial charge in [0.1, 0.15) is 0 Å². The van der Waals surface area contributed by atoms with Crippen molar-refractivity contribution in [2.45, 2.75) is 52.0 Å². The maximum Gasteiger partial charge on any atom is 0.0965 e. The van der Waals surface area contributed by atoms with Crippen molar-refractivity contribution in [2.24, 2.45) is 16.8 Å². The highest BCUT2D eigenvalue weighted by atomic mass is 15.0. The van der Waals surface area contributed by atoms with Gasteiger partial charge in [-0.3, -0.25) is 4.99 Å². The molecule has 3 unspecified atom stereocenters. The van der Waals surface area contributed by atoms with Gasteiger partial charge in [-0.05, 0) is 31.1 Å². The molecule has 2 nitrogen and oxygen atoms in total. The van der Waals surface area contributed by atoms with Crippen molar-refractivity contribution in [2.75, 3.05) is 6.54 Å². The van der Waals surface area contributed by atoms with Gasteiger partial charge in [0.2, 0.25) is 0 Å². The first kappa shape index (κ1) is 10.0. The molecule has 1 aliphatic carbocycles. The van der Waals surface area contributed by atoms with E-state index >= 15 is 0 Å². The van der Waals surface area contributed by atoms with E-state index in [9.17, 15) is 0 Å². The van der Waals surface area contributed by atoms with E-state index in [1.807, 2.05) is 0 Å². The van der Waals surface area contributed by atoms with Crippen molar-refractivity contribution < 1.29 is 0 Å². The van der Waals surface area contributed by atoms with Gasteiger partial charge >= 0.3 is 0 Å². The van der Waals surface area contributed by atoms with E-state index < -0.39 is 0 Å². The summed E-state index contributed by atoms with van der Waals surface area (Å²) in [6.45, 7) is 5.74. The van der Waals surface area contributed by atoms with Crippen LogP contribution in [0.1, 0.15) is 46.0 Å². The molecule has 0 amide bonds. The fraction of sp³-hybridized carbons (Fsp3) is 0.917. The second-order valence-electron chi connectivity index (χ2n) is 4.96. The van der Waals surface area contributed by atoms with Crippen molar-refractivity contribution in [3.63, 3.8) is 0 Å². The smallest absolute Gasteiger partial charge is 0.0965 e. The Balaban J connectivity index is 1.82. The van der Waals surface area contributed by atoms with E-state index in [0.717, 1.165) is 18.4 Å². The van der Waals surface area contributed by atoms with Crippen LogP contribution in [0, 0.1) is 11.8 Å². The third-order valence-electron chi connectivity index (χ3n) is 3.88. The first-order chi connectivity index (χ1) is 6.77. The summed E-state index contributed by atoms with van der Waals surface area (Å²) in [4.78, 5) is 4.61. The summed E-state index contributed by atoms with van der Waals surface area (Å²) in [5, 5.41) is 3.63. The number of amidine groups is 1. The SMILES string of the molecule is CC1CC(NC2=NCCCCC2)C1C. The van der Waals surface area contributed by atoms with Crippen molar-refractivity contribution in [3.8, 4) is 0 Å². The molecule has 2 heteroatoms. The van der Waals surface area contributed by atoms with Gasteiger partial charge < -0.3 is 5.32 Å². The summed E-state index contributed by atoms with van der Waals surface area (Å²) in [6.07, 6.45) is 6.47. The topological polar surface area (TPSA) is 24.4 Å². The van der Waals surface area contributed by atoms with Gasteiger partial charge in [0.25, 0.3) is 0 Å².